The fourth-order valence-electron chi connectivity index (χ4n) is 2.93. The summed E-state index contributed by atoms with van der Waals surface area (Å²) in [5.74, 6) is -0.936. The monoisotopic (exact) mass is 382 g/mol. The SMILES string of the molecule is COCCCOC1CCN(c2cccc(COC(=O)NC(=N)N)c2F)CC1. The van der Waals surface area contributed by atoms with E-state index in [9.17, 15) is 9.18 Å². The minimum atomic E-state index is -0.890. The Morgan fingerprint density at radius 1 is 1.37 bits per heavy atom. The molecule has 0 saturated carbocycles. The van der Waals surface area contributed by atoms with E-state index in [0.717, 1.165) is 19.3 Å². The van der Waals surface area contributed by atoms with Crippen LogP contribution in [-0.4, -0.2) is 51.6 Å². The van der Waals surface area contributed by atoms with Crippen molar-refractivity contribution in [3.05, 3.63) is 29.6 Å². The summed E-state index contributed by atoms with van der Waals surface area (Å²) < 4.78 is 30.5. The van der Waals surface area contributed by atoms with Crippen LogP contribution in [0.2, 0.25) is 0 Å². The number of anilines is 1. The lowest BCUT2D eigenvalue weighted by atomic mass is 10.1. The van der Waals surface area contributed by atoms with E-state index in [1.54, 1.807) is 25.3 Å². The highest BCUT2D eigenvalue weighted by Crippen LogP contribution is 2.26. The number of halogens is 1. The summed E-state index contributed by atoms with van der Waals surface area (Å²) in [6.45, 7) is 2.51. The fourth-order valence-corrected chi connectivity index (χ4v) is 2.93. The third kappa shape index (κ3) is 6.69. The quantitative estimate of drug-likeness (QED) is 0.360. The van der Waals surface area contributed by atoms with Gasteiger partial charge in [-0.05, 0) is 25.3 Å². The number of methoxy groups -OCH3 is 1. The number of hydrogen-bond acceptors (Lipinski definition) is 6. The highest BCUT2D eigenvalue weighted by atomic mass is 19.1. The largest absolute Gasteiger partial charge is 0.444 e. The van der Waals surface area contributed by atoms with Crippen LogP contribution in [0, 0.1) is 11.2 Å². The van der Waals surface area contributed by atoms with E-state index in [1.165, 1.54) is 0 Å². The number of guanidine groups is 1. The van der Waals surface area contributed by atoms with Crippen molar-refractivity contribution in [3.8, 4) is 0 Å². The van der Waals surface area contributed by atoms with Gasteiger partial charge in [0.25, 0.3) is 0 Å². The molecule has 0 bridgehead atoms. The second-order valence-electron chi connectivity index (χ2n) is 6.27. The van der Waals surface area contributed by atoms with E-state index in [2.05, 4.69) is 0 Å². The minimum Gasteiger partial charge on any atom is -0.444 e. The molecule has 0 aromatic heterocycles. The molecule has 1 aliphatic rings. The predicted molar refractivity (Wildman–Crippen MR) is 99.3 cm³/mol. The number of piperidine rings is 1. The number of carbonyl (C=O) groups excluding carboxylic acids is 1. The summed E-state index contributed by atoms with van der Waals surface area (Å²) in [4.78, 5) is 13.4. The van der Waals surface area contributed by atoms with Gasteiger partial charge in [-0.2, -0.15) is 0 Å². The first-order valence-electron chi connectivity index (χ1n) is 8.92. The molecule has 1 amide bonds. The van der Waals surface area contributed by atoms with Crippen molar-refractivity contribution in [2.45, 2.75) is 32.0 Å². The number of alkyl carbamates (subject to hydrolysis) is 1. The average Bonchev–Trinajstić information content (AvgIpc) is 2.64. The molecule has 1 heterocycles. The molecule has 27 heavy (non-hydrogen) atoms. The number of nitrogens with two attached hydrogens (primary N) is 1. The van der Waals surface area contributed by atoms with Crippen LogP contribution in [0.4, 0.5) is 14.9 Å². The lowest BCUT2D eigenvalue weighted by molar-refractivity contribution is 0.0257. The molecule has 0 unspecified atom stereocenters. The highest BCUT2D eigenvalue weighted by molar-refractivity contribution is 5.90. The second kappa shape index (κ2) is 10.7. The molecular weight excluding hydrogens is 355 g/mol. The third-order valence-corrected chi connectivity index (χ3v) is 4.28. The van der Waals surface area contributed by atoms with E-state index in [1.807, 2.05) is 10.2 Å². The van der Waals surface area contributed by atoms with Crippen molar-refractivity contribution in [2.24, 2.45) is 5.73 Å². The van der Waals surface area contributed by atoms with Crippen LogP contribution in [0.25, 0.3) is 0 Å². The Labute approximate surface area is 158 Å². The van der Waals surface area contributed by atoms with Crippen molar-refractivity contribution in [3.63, 3.8) is 0 Å². The van der Waals surface area contributed by atoms with E-state index in [-0.39, 0.29) is 18.3 Å². The summed E-state index contributed by atoms with van der Waals surface area (Å²) in [6, 6.07) is 5.01. The maximum absolute atomic E-state index is 14.8. The van der Waals surface area contributed by atoms with Gasteiger partial charge in [0.2, 0.25) is 0 Å². The number of benzene rings is 1. The molecule has 9 heteroatoms. The van der Waals surface area contributed by atoms with Crippen LogP contribution in [0.15, 0.2) is 18.2 Å². The zero-order valence-corrected chi connectivity index (χ0v) is 15.5. The van der Waals surface area contributed by atoms with Gasteiger partial charge in [0.15, 0.2) is 11.8 Å². The molecule has 1 aliphatic heterocycles. The molecule has 1 aromatic rings. The summed E-state index contributed by atoms with van der Waals surface area (Å²) in [6.07, 6.45) is 1.81. The lowest BCUT2D eigenvalue weighted by Crippen LogP contribution is -2.38. The summed E-state index contributed by atoms with van der Waals surface area (Å²) in [5, 5.41) is 8.95. The van der Waals surface area contributed by atoms with Crippen LogP contribution >= 0.6 is 0 Å². The van der Waals surface area contributed by atoms with Crippen LogP contribution in [0.5, 0.6) is 0 Å². The van der Waals surface area contributed by atoms with Crippen molar-refractivity contribution in [2.75, 3.05) is 38.3 Å². The maximum atomic E-state index is 14.8. The zero-order valence-electron chi connectivity index (χ0n) is 15.5. The van der Waals surface area contributed by atoms with Crippen LogP contribution in [0.3, 0.4) is 0 Å². The molecular formula is C18H27FN4O4. The van der Waals surface area contributed by atoms with Gasteiger partial charge in [0.05, 0.1) is 11.8 Å². The molecule has 2 rings (SSSR count). The first-order chi connectivity index (χ1) is 13.0. The highest BCUT2D eigenvalue weighted by Gasteiger charge is 2.23. The Hall–Kier alpha value is -2.39. The third-order valence-electron chi connectivity index (χ3n) is 4.28. The first kappa shape index (κ1) is 20.9. The van der Waals surface area contributed by atoms with Gasteiger partial charge in [-0.1, -0.05) is 12.1 Å². The number of nitrogens with one attached hydrogen (secondary N) is 2. The Bertz CT molecular complexity index is 636. The van der Waals surface area contributed by atoms with Crippen molar-refractivity contribution < 1.29 is 23.4 Å². The summed E-state index contributed by atoms with van der Waals surface area (Å²) >= 11 is 0. The molecule has 4 N–H and O–H groups in total. The molecule has 1 aromatic carbocycles. The van der Waals surface area contributed by atoms with Gasteiger partial charge in [0.1, 0.15) is 6.61 Å². The molecule has 0 aliphatic carbocycles. The summed E-state index contributed by atoms with van der Waals surface area (Å²) in [7, 11) is 1.67. The smallest absolute Gasteiger partial charge is 0.414 e. The number of amides is 1. The number of rotatable bonds is 8. The van der Waals surface area contributed by atoms with Gasteiger partial charge in [-0.3, -0.25) is 10.7 Å². The van der Waals surface area contributed by atoms with Gasteiger partial charge in [-0.15, -0.1) is 0 Å². The summed E-state index contributed by atoms with van der Waals surface area (Å²) in [5.41, 5.74) is 5.80. The average molecular weight is 382 g/mol. The molecule has 0 spiro atoms. The Kier molecular flexibility index (Phi) is 8.28. The number of hydrogen-bond donors (Lipinski definition) is 3. The molecule has 1 saturated heterocycles. The van der Waals surface area contributed by atoms with Gasteiger partial charge in [0, 0.05) is 39.0 Å². The van der Waals surface area contributed by atoms with E-state index >= 15 is 0 Å². The number of nitrogens with zero attached hydrogens (tertiary/aromatic N) is 1. The number of ether oxygens (including phenoxy) is 3. The second-order valence-corrected chi connectivity index (χ2v) is 6.27. The van der Waals surface area contributed by atoms with Gasteiger partial charge >= 0.3 is 6.09 Å². The van der Waals surface area contributed by atoms with E-state index < -0.39 is 17.9 Å². The van der Waals surface area contributed by atoms with Gasteiger partial charge < -0.3 is 24.8 Å². The predicted octanol–water partition coefficient (Wildman–Crippen LogP) is 1.97. The maximum Gasteiger partial charge on any atom is 0.414 e. The Morgan fingerprint density at radius 2 is 2.11 bits per heavy atom. The van der Waals surface area contributed by atoms with Crippen LogP contribution in [-0.2, 0) is 20.8 Å². The minimum absolute atomic E-state index is 0.183. The number of carbonyl (C=O) groups is 1. The van der Waals surface area contributed by atoms with Gasteiger partial charge in [-0.25, -0.2) is 9.18 Å². The van der Waals surface area contributed by atoms with Crippen LogP contribution < -0.4 is 16.0 Å². The van der Waals surface area contributed by atoms with Crippen molar-refractivity contribution in [1.29, 1.82) is 5.41 Å². The first-order valence-corrected chi connectivity index (χ1v) is 8.92. The standard InChI is InChI=1S/C18H27FN4O4/c1-25-10-3-11-26-14-6-8-23(9-7-14)15-5-2-4-13(16(15)19)12-27-18(24)22-17(20)21/h2,4-5,14H,3,6-12H2,1H3,(H4,20,21,22,24). The molecule has 8 nitrogen and oxygen atoms in total. The topological polar surface area (TPSA) is 110 Å². The molecule has 150 valence electrons. The molecule has 1 fully saturated rings. The fraction of sp³-hybridized carbons (Fsp3) is 0.556. The zero-order chi connectivity index (χ0) is 19.6. The van der Waals surface area contributed by atoms with Crippen molar-refractivity contribution >= 4 is 17.7 Å². The van der Waals surface area contributed by atoms with E-state index in [0.29, 0.717) is 32.0 Å². The van der Waals surface area contributed by atoms with Crippen molar-refractivity contribution in [1.82, 2.24) is 5.32 Å². The normalized spacial score (nSPS) is 14.8. The molecule has 0 radical (unpaired) electrons. The molecule has 0 atom stereocenters. The lowest BCUT2D eigenvalue weighted by Gasteiger charge is -2.34. The van der Waals surface area contributed by atoms with E-state index in [4.69, 9.17) is 25.4 Å². The van der Waals surface area contributed by atoms with Crippen LogP contribution in [0.1, 0.15) is 24.8 Å². The Balaban J connectivity index is 1.86. The Morgan fingerprint density at radius 3 is 2.78 bits per heavy atom.